The second-order valence-corrected chi connectivity index (χ2v) is 12.7. The van der Waals surface area contributed by atoms with Gasteiger partial charge < -0.3 is 4.43 Å². The Hall–Kier alpha value is 0.607. The molecule has 0 aliphatic rings. The van der Waals surface area contributed by atoms with Gasteiger partial charge in [0.2, 0.25) is 0 Å². The Morgan fingerprint density at radius 1 is 1.22 bits per heavy atom. The van der Waals surface area contributed by atoms with Gasteiger partial charge in [-0.25, -0.2) is 0 Å². The zero-order chi connectivity index (χ0) is 14.0. The molecule has 0 radical (unpaired) electrons. The summed E-state index contributed by atoms with van der Waals surface area (Å²) in [5.74, 6) is 0. The van der Waals surface area contributed by atoms with Crippen LogP contribution in [0.3, 0.4) is 0 Å². The summed E-state index contributed by atoms with van der Waals surface area (Å²) in [6.45, 7) is 11.4. The third-order valence-electron chi connectivity index (χ3n) is 3.63. The molecule has 0 aliphatic heterocycles. The Bertz CT molecular complexity index is 384. The lowest BCUT2D eigenvalue weighted by Gasteiger charge is -2.39. The third kappa shape index (κ3) is 4.32. The second-order valence-electron chi connectivity index (χ2n) is 6.07. The largest absolute Gasteiger partial charge is 0.409 e. The van der Waals surface area contributed by atoms with Gasteiger partial charge in [0.15, 0.2) is 8.32 Å². The van der Waals surface area contributed by atoms with Crippen LogP contribution < -0.4 is 0 Å². The molecule has 102 valence electrons. The van der Waals surface area contributed by atoms with Crippen molar-refractivity contribution in [1.82, 2.24) is 0 Å². The minimum atomic E-state index is -1.72. The van der Waals surface area contributed by atoms with Crippen LogP contribution in [0.5, 0.6) is 0 Å². The Morgan fingerprint density at radius 2 is 1.72 bits per heavy atom. The first-order valence-electron chi connectivity index (χ1n) is 6.16. The van der Waals surface area contributed by atoms with Gasteiger partial charge in [0.1, 0.15) is 0 Å². The summed E-state index contributed by atoms with van der Waals surface area (Å²) in [5, 5.41) is 1.09. The van der Waals surface area contributed by atoms with Crippen molar-refractivity contribution in [3.8, 4) is 0 Å². The number of hydrogen-bond acceptors (Lipinski definition) is 1. The van der Waals surface area contributed by atoms with Crippen molar-refractivity contribution in [3.05, 3.63) is 33.4 Å². The predicted molar refractivity (Wildman–Crippen MR) is 94.0 cm³/mol. The molecular weight excluding hydrogens is 419 g/mol. The van der Waals surface area contributed by atoms with E-state index < -0.39 is 8.32 Å². The van der Waals surface area contributed by atoms with Gasteiger partial charge >= 0.3 is 0 Å². The smallest absolute Gasteiger partial charge is 0.192 e. The van der Waals surface area contributed by atoms with Crippen molar-refractivity contribution in [2.24, 2.45) is 0 Å². The molecular formula is C14H22BrIOSi. The molecule has 0 N–H and O–H groups in total. The highest BCUT2D eigenvalue weighted by atomic mass is 127. The highest BCUT2D eigenvalue weighted by Crippen LogP contribution is 2.40. The molecule has 0 amide bonds. The van der Waals surface area contributed by atoms with E-state index in [0.717, 1.165) is 5.33 Å². The SMILES string of the molecule is CC(C)(C)[Si](C)(C)OC(CBr)c1ccc(I)cc1. The number of halogens is 2. The van der Waals surface area contributed by atoms with Crippen molar-refractivity contribution in [2.45, 2.75) is 45.0 Å². The van der Waals surface area contributed by atoms with Crippen molar-refractivity contribution in [1.29, 1.82) is 0 Å². The number of alkyl halides is 1. The van der Waals surface area contributed by atoms with Crippen LogP contribution in [0.1, 0.15) is 32.4 Å². The molecule has 0 aliphatic carbocycles. The van der Waals surface area contributed by atoms with Crippen molar-refractivity contribution in [2.75, 3.05) is 5.33 Å². The highest BCUT2D eigenvalue weighted by Gasteiger charge is 2.39. The van der Waals surface area contributed by atoms with Crippen LogP contribution in [0.15, 0.2) is 24.3 Å². The summed E-state index contributed by atoms with van der Waals surface area (Å²) in [4.78, 5) is 0. The molecule has 4 heteroatoms. The van der Waals surface area contributed by atoms with Crippen molar-refractivity contribution in [3.63, 3.8) is 0 Å². The molecule has 1 rings (SSSR count). The molecule has 1 unspecified atom stereocenters. The van der Waals surface area contributed by atoms with E-state index in [4.69, 9.17) is 4.43 Å². The van der Waals surface area contributed by atoms with Crippen molar-refractivity contribution < 1.29 is 4.43 Å². The van der Waals surface area contributed by atoms with Crippen LogP contribution in [0.2, 0.25) is 18.1 Å². The number of benzene rings is 1. The van der Waals surface area contributed by atoms with Crippen LogP contribution >= 0.6 is 38.5 Å². The summed E-state index contributed by atoms with van der Waals surface area (Å²) in [5.41, 5.74) is 1.26. The summed E-state index contributed by atoms with van der Waals surface area (Å²) < 4.78 is 7.73. The summed E-state index contributed by atoms with van der Waals surface area (Å²) in [7, 11) is -1.72. The zero-order valence-corrected chi connectivity index (χ0v) is 16.5. The molecule has 1 aromatic carbocycles. The first-order chi connectivity index (χ1) is 8.17. The van der Waals surface area contributed by atoms with E-state index in [0.29, 0.717) is 0 Å². The van der Waals surface area contributed by atoms with Gasteiger partial charge in [-0.05, 0) is 58.4 Å². The third-order valence-corrected chi connectivity index (χ3v) is 9.42. The topological polar surface area (TPSA) is 9.23 Å². The van der Waals surface area contributed by atoms with Gasteiger partial charge in [-0.1, -0.05) is 48.8 Å². The second kappa shape index (κ2) is 6.37. The summed E-state index contributed by atoms with van der Waals surface area (Å²) in [6.07, 6.45) is 0.155. The molecule has 1 nitrogen and oxygen atoms in total. The van der Waals surface area contributed by atoms with Gasteiger partial charge in [0, 0.05) is 8.90 Å². The fourth-order valence-corrected chi connectivity index (χ4v) is 3.79. The standard InChI is InChI=1S/C14H22BrIOSi/c1-14(2,3)18(4,5)17-13(10-15)11-6-8-12(16)9-7-11/h6-9,13H,10H2,1-5H3. The van der Waals surface area contributed by atoms with E-state index >= 15 is 0 Å². The zero-order valence-electron chi connectivity index (χ0n) is 11.8. The van der Waals surface area contributed by atoms with Crippen LogP contribution in [-0.4, -0.2) is 13.6 Å². The average molecular weight is 441 g/mol. The maximum Gasteiger partial charge on any atom is 0.192 e. The molecule has 18 heavy (non-hydrogen) atoms. The Kier molecular flexibility index (Phi) is 5.90. The fourth-order valence-electron chi connectivity index (χ4n) is 1.40. The Balaban J connectivity index is 2.89. The first kappa shape index (κ1) is 16.7. The molecule has 0 saturated carbocycles. The first-order valence-corrected chi connectivity index (χ1v) is 11.3. The average Bonchev–Trinajstić information content (AvgIpc) is 2.25. The van der Waals surface area contributed by atoms with Gasteiger partial charge in [-0.15, -0.1) is 0 Å². The molecule has 1 aromatic rings. The van der Waals surface area contributed by atoms with E-state index in [1.54, 1.807) is 0 Å². The molecule has 1 atom stereocenters. The van der Waals surface area contributed by atoms with Crippen LogP contribution in [0.25, 0.3) is 0 Å². The lowest BCUT2D eigenvalue weighted by Crippen LogP contribution is -2.42. The van der Waals surface area contributed by atoms with E-state index in [2.05, 4.69) is 96.7 Å². The van der Waals surface area contributed by atoms with E-state index in [1.165, 1.54) is 9.13 Å². The van der Waals surface area contributed by atoms with Gasteiger partial charge in [0.05, 0.1) is 6.10 Å². The maximum atomic E-state index is 6.47. The highest BCUT2D eigenvalue weighted by molar-refractivity contribution is 14.1. The monoisotopic (exact) mass is 440 g/mol. The number of rotatable bonds is 4. The maximum absolute atomic E-state index is 6.47. The van der Waals surface area contributed by atoms with E-state index in [-0.39, 0.29) is 11.1 Å². The molecule has 0 spiro atoms. The molecule has 0 bridgehead atoms. The lowest BCUT2D eigenvalue weighted by molar-refractivity contribution is 0.208. The van der Waals surface area contributed by atoms with Gasteiger partial charge in [0.25, 0.3) is 0 Å². The molecule has 0 saturated heterocycles. The normalized spacial score (nSPS) is 14.6. The summed E-state index contributed by atoms with van der Waals surface area (Å²) in [6, 6.07) is 8.61. The van der Waals surface area contributed by atoms with Gasteiger partial charge in [-0.2, -0.15) is 0 Å². The Labute approximate surface area is 134 Å². The quantitative estimate of drug-likeness (QED) is 0.329. The molecule has 0 aromatic heterocycles. The van der Waals surface area contributed by atoms with Gasteiger partial charge in [-0.3, -0.25) is 0 Å². The molecule has 0 fully saturated rings. The summed E-state index contributed by atoms with van der Waals surface area (Å²) >= 11 is 5.92. The van der Waals surface area contributed by atoms with Crippen LogP contribution in [0, 0.1) is 3.57 Å². The minimum absolute atomic E-state index is 0.155. The van der Waals surface area contributed by atoms with Crippen LogP contribution in [0.4, 0.5) is 0 Å². The van der Waals surface area contributed by atoms with Crippen LogP contribution in [-0.2, 0) is 4.43 Å². The lowest BCUT2D eigenvalue weighted by atomic mass is 10.1. The predicted octanol–water partition coefficient (Wildman–Crippen LogP) is 5.75. The van der Waals surface area contributed by atoms with E-state index in [9.17, 15) is 0 Å². The minimum Gasteiger partial charge on any atom is -0.409 e. The van der Waals surface area contributed by atoms with E-state index in [1.807, 2.05) is 0 Å². The Morgan fingerprint density at radius 3 is 2.11 bits per heavy atom. The van der Waals surface area contributed by atoms with Crippen molar-refractivity contribution >= 4 is 46.8 Å². The molecule has 0 heterocycles. The number of hydrogen-bond donors (Lipinski definition) is 0. The fraction of sp³-hybridized carbons (Fsp3) is 0.571.